The van der Waals surface area contributed by atoms with Gasteiger partial charge in [-0.25, -0.2) is 0 Å². The van der Waals surface area contributed by atoms with Gasteiger partial charge >= 0.3 is 0 Å². The molecule has 2 fully saturated rings. The van der Waals surface area contributed by atoms with Gasteiger partial charge in [0.1, 0.15) is 0 Å². The Labute approximate surface area is 106 Å². The Hall–Kier alpha value is -0.120. The third kappa shape index (κ3) is 4.23. The van der Waals surface area contributed by atoms with Crippen LogP contribution in [0.15, 0.2) is 0 Å². The molecule has 0 radical (unpaired) electrons. The standard InChI is InChI=1S/C14H28N2O/c1-12-3-5-14(6-4-12)16(2)9-7-13-11-17-10-8-15-13/h12-15H,3-11H2,1-2H3. The molecule has 1 N–H and O–H groups in total. The largest absolute Gasteiger partial charge is 0.379 e. The van der Waals surface area contributed by atoms with Crippen LogP contribution < -0.4 is 5.32 Å². The van der Waals surface area contributed by atoms with Crippen molar-refractivity contribution in [3.63, 3.8) is 0 Å². The molecule has 2 rings (SSSR count). The molecule has 1 saturated heterocycles. The van der Waals surface area contributed by atoms with Crippen molar-refractivity contribution in [1.29, 1.82) is 0 Å². The van der Waals surface area contributed by atoms with Crippen molar-refractivity contribution in [3.05, 3.63) is 0 Å². The molecule has 0 spiro atoms. The average molecular weight is 240 g/mol. The van der Waals surface area contributed by atoms with E-state index in [1.54, 1.807) is 0 Å². The number of nitrogens with zero attached hydrogens (tertiary/aromatic N) is 1. The van der Waals surface area contributed by atoms with Gasteiger partial charge in [-0.2, -0.15) is 0 Å². The zero-order valence-electron chi connectivity index (χ0n) is 11.5. The summed E-state index contributed by atoms with van der Waals surface area (Å²) in [6.07, 6.45) is 6.85. The molecule has 100 valence electrons. The topological polar surface area (TPSA) is 24.5 Å². The second-order valence-corrected chi connectivity index (χ2v) is 5.91. The molecular formula is C14H28N2O. The number of hydrogen-bond acceptors (Lipinski definition) is 3. The van der Waals surface area contributed by atoms with Gasteiger partial charge in [0.25, 0.3) is 0 Å². The minimum atomic E-state index is 0.578. The van der Waals surface area contributed by atoms with Crippen molar-refractivity contribution in [2.45, 2.75) is 51.1 Å². The third-order valence-electron chi connectivity index (χ3n) is 4.44. The van der Waals surface area contributed by atoms with Gasteiger partial charge in [-0.3, -0.25) is 0 Å². The van der Waals surface area contributed by atoms with Crippen LogP contribution in [-0.4, -0.2) is 50.3 Å². The normalized spacial score (nSPS) is 35.1. The first-order chi connectivity index (χ1) is 8.25. The van der Waals surface area contributed by atoms with Crippen molar-refractivity contribution in [3.8, 4) is 0 Å². The van der Waals surface area contributed by atoms with Crippen LogP contribution in [-0.2, 0) is 4.74 Å². The predicted molar refractivity (Wildman–Crippen MR) is 71.3 cm³/mol. The first kappa shape index (κ1) is 13.3. The second-order valence-electron chi connectivity index (χ2n) is 5.91. The van der Waals surface area contributed by atoms with Crippen LogP contribution in [0.4, 0.5) is 0 Å². The number of hydrogen-bond donors (Lipinski definition) is 1. The first-order valence-corrected chi connectivity index (χ1v) is 7.27. The summed E-state index contributed by atoms with van der Waals surface area (Å²) in [6, 6.07) is 1.41. The van der Waals surface area contributed by atoms with E-state index in [-0.39, 0.29) is 0 Å². The van der Waals surface area contributed by atoms with E-state index in [0.29, 0.717) is 6.04 Å². The van der Waals surface area contributed by atoms with Crippen LogP contribution in [0.25, 0.3) is 0 Å². The minimum absolute atomic E-state index is 0.578. The number of nitrogens with one attached hydrogen (secondary N) is 1. The molecule has 0 aromatic rings. The molecule has 0 aromatic carbocycles. The molecule has 1 aliphatic heterocycles. The van der Waals surface area contributed by atoms with Crippen LogP contribution in [0.5, 0.6) is 0 Å². The molecule has 1 atom stereocenters. The lowest BCUT2D eigenvalue weighted by atomic mass is 9.86. The van der Waals surface area contributed by atoms with E-state index in [0.717, 1.165) is 31.7 Å². The molecule has 0 bridgehead atoms. The molecular weight excluding hydrogens is 212 g/mol. The molecule has 17 heavy (non-hydrogen) atoms. The fourth-order valence-electron chi connectivity index (χ4n) is 3.03. The zero-order valence-corrected chi connectivity index (χ0v) is 11.5. The smallest absolute Gasteiger partial charge is 0.0620 e. The Morgan fingerprint density at radius 1 is 1.24 bits per heavy atom. The summed E-state index contributed by atoms with van der Waals surface area (Å²) in [5, 5.41) is 3.53. The quantitative estimate of drug-likeness (QED) is 0.812. The summed E-state index contributed by atoms with van der Waals surface area (Å²) >= 11 is 0. The lowest BCUT2D eigenvalue weighted by Gasteiger charge is -2.34. The number of rotatable bonds is 4. The van der Waals surface area contributed by atoms with E-state index in [2.05, 4.69) is 24.2 Å². The Morgan fingerprint density at radius 2 is 2.00 bits per heavy atom. The Bertz CT molecular complexity index is 208. The van der Waals surface area contributed by atoms with Gasteiger partial charge in [0.15, 0.2) is 0 Å². The zero-order chi connectivity index (χ0) is 12.1. The molecule has 0 aromatic heterocycles. The fourth-order valence-corrected chi connectivity index (χ4v) is 3.03. The first-order valence-electron chi connectivity index (χ1n) is 7.27. The van der Waals surface area contributed by atoms with Crippen molar-refractivity contribution < 1.29 is 4.74 Å². The highest BCUT2D eigenvalue weighted by Crippen LogP contribution is 2.26. The molecule has 3 nitrogen and oxygen atoms in total. The molecule has 1 unspecified atom stereocenters. The summed E-state index contributed by atoms with van der Waals surface area (Å²) < 4.78 is 5.49. The van der Waals surface area contributed by atoms with E-state index < -0.39 is 0 Å². The van der Waals surface area contributed by atoms with Gasteiger partial charge in [-0.05, 0) is 51.6 Å². The highest BCUT2D eigenvalue weighted by molar-refractivity contribution is 4.78. The summed E-state index contributed by atoms with van der Waals surface area (Å²) in [5.74, 6) is 0.952. The van der Waals surface area contributed by atoms with Crippen molar-refractivity contribution in [2.75, 3.05) is 33.4 Å². The maximum Gasteiger partial charge on any atom is 0.0620 e. The van der Waals surface area contributed by atoms with Crippen LogP contribution in [0.1, 0.15) is 39.0 Å². The molecule has 3 heteroatoms. The van der Waals surface area contributed by atoms with Gasteiger partial charge in [0.2, 0.25) is 0 Å². The van der Waals surface area contributed by atoms with Crippen molar-refractivity contribution in [2.24, 2.45) is 5.92 Å². The van der Waals surface area contributed by atoms with Gasteiger partial charge in [0, 0.05) is 18.6 Å². The van der Waals surface area contributed by atoms with Gasteiger partial charge < -0.3 is 15.0 Å². The molecule has 1 saturated carbocycles. The lowest BCUT2D eigenvalue weighted by molar-refractivity contribution is 0.0672. The Kier molecular flexibility index (Phi) is 5.26. The van der Waals surface area contributed by atoms with E-state index in [4.69, 9.17) is 4.74 Å². The third-order valence-corrected chi connectivity index (χ3v) is 4.44. The maximum absolute atomic E-state index is 5.49. The van der Waals surface area contributed by atoms with Crippen LogP contribution >= 0.6 is 0 Å². The van der Waals surface area contributed by atoms with Gasteiger partial charge in [-0.15, -0.1) is 0 Å². The summed E-state index contributed by atoms with van der Waals surface area (Å²) in [6.45, 7) is 6.40. The van der Waals surface area contributed by atoms with E-state index in [1.165, 1.54) is 38.6 Å². The van der Waals surface area contributed by atoms with Gasteiger partial charge in [-0.1, -0.05) is 6.92 Å². The second kappa shape index (κ2) is 6.72. The summed E-state index contributed by atoms with van der Waals surface area (Å²) in [5.41, 5.74) is 0. The number of ether oxygens (including phenoxy) is 1. The molecule has 1 heterocycles. The lowest BCUT2D eigenvalue weighted by Crippen LogP contribution is -2.44. The minimum Gasteiger partial charge on any atom is -0.379 e. The van der Waals surface area contributed by atoms with Crippen LogP contribution in [0, 0.1) is 5.92 Å². The number of morpholine rings is 1. The van der Waals surface area contributed by atoms with Gasteiger partial charge in [0.05, 0.1) is 13.2 Å². The average Bonchev–Trinajstić information content (AvgIpc) is 2.38. The Balaban J connectivity index is 1.64. The monoisotopic (exact) mass is 240 g/mol. The SMILES string of the molecule is CC1CCC(N(C)CCC2COCCN2)CC1. The highest BCUT2D eigenvalue weighted by Gasteiger charge is 2.22. The fraction of sp³-hybridized carbons (Fsp3) is 1.00. The van der Waals surface area contributed by atoms with Crippen molar-refractivity contribution >= 4 is 0 Å². The van der Waals surface area contributed by atoms with Crippen LogP contribution in [0.2, 0.25) is 0 Å². The van der Waals surface area contributed by atoms with E-state index >= 15 is 0 Å². The molecule has 1 aliphatic carbocycles. The maximum atomic E-state index is 5.49. The van der Waals surface area contributed by atoms with Crippen LogP contribution in [0.3, 0.4) is 0 Å². The highest BCUT2D eigenvalue weighted by atomic mass is 16.5. The predicted octanol–water partition coefficient (Wildman–Crippen LogP) is 1.88. The Morgan fingerprint density at radius 3 is 2.65 bits per heavy atom. The molecule has 2 aliphatic rings. The van der Waals surface area contributed by atoms with Crippen molar-refractivity contribution in [1.82, 2.24) is 10.2 Å². The van der Waals surface area contributed by atoms with E-state index in [1.807, 2.05) is 0 Å². The van der Waals surface area contributed by atoms with E-state index in [9.17, 15) is 0 Å². The summed E-state index contributed by atoms with van der Waals surface area (Å²) in [7, 11) is 2.30. The molecule has 0 amide bonds. The summed E-state index contributed by atoms with van der Waals surface area (Å²) in [4.78, 5) is 2.57.